The standard InChI is InChI=1S/C31H29F5N8O2/c32-20-5-4-19(22(33)12-20)17-46-28-3-1-2-23(39-28)18-6-9-43(10-7-18)16-27-38-24-13-25(29-40-30(42-41-29)31(34,35)36)37-14-26(24)44(27)15-21-8-11-45-21/h1-5,12-14,18,21H,6-11,15-17H2,(H,40,41,42)/t21-/m0/s1. The van der Waals surface area contributed by atoms with Gasteiger partial charge in [0.2, 0.25) is 11.7 Å². The number of likely N-dealkylation sites (tertiary alicyclic amines) is 1. The Bertz CT molecular complexity index is 1850. The molecule has 0 aliphatic carbocycles. The highest BCUT2D eigenvalue weighted by atomic mass is 19.4. The number of hydrogen-bond donors (Lipinski definition) is 1. The number of piperidine rings is 1. The SMILES string of the molecule is Fc1ccc(COc2cccc(C3CCN(Cc4nc5cc(-c6nnc(C(F)(F)F)[nH]6)ncc5n4C[C@@H]4CCO4)CC3)n2)c(F)c1. The quantitative estimate of drug-likeness (QED) is 0.206. The first kappa shape index (κ1) is 30.2. The van der Waals surface area contributed by atoms with Gasteiger partial charge in [0.25, 0.3) is 0 Å². The van der Waals surface area contributed by atoms with Crippen LogP contribution in [-0.4, -0.2) is 65.4 Å². The third kappa shape index (κ3) is 6.42. The molecule has 10 nitrogen and oxygen atoms in total. The summed E-state index contributed by atoms with van der Waals surface area (Å²) < 4.78 is 79.8. The number of fused-ring (bicyclic) bond motifs is 1. The van der Waals surface area contributed by atoms with Gasteiger partial charge in [-0.15, -0.1) is 10.2 Å². The lowest BCUT2D eigenvalue weighted by Crippen LogP contribution is -2.35. The molecule has 4 aromatic heterocycles. The van der Waals surface area contributed by atoms with E-state index >= 15 is 0 Å². The van der Waals surface area contributed by atoms with E-state index < -0.39 is 23.6 Å². The minimum absolute atomic E-state index is 0.0576. The summed E-state index contributed by atoms with van der Waals surface area (Å²) in [6, 6.07) is 10.5. The number of ether oxygens (including phenoxy) is 2. The third-order valence-electron chi connectivity index (χ3n) is 8.40. The van der Waals surface area contributed by atoms with Crippen LogP contribution in [0.1, 0.15) is 48.1 Å². The lowest BCUT2D eigenvalue weighted by Gasteiger charge is -2.32. The molecular weight excluding hydrogens is 611 g/mol. The summed E-state index contributed by atoms with van der Waals surface area (Å²) in [6.07, 6.45) is -0.332. The van der Waals surface area contributed by atoms with Gasteiger partial charge in [0, 0.05) is 35.9 Å². The number of aromatic nitrogens is 7. The summed E-state index contributed by atoms with van der Waals surface area (Å²) in [7, 11) is 0. The van der Waals surface area contributed by atoms with Crippen LogP contribution in [-0.2, 0) is 30.6 Å². The lowest BCUT2D eigenvalue weighted by atomic mass is 9.93. The Hall–Kier alpha value is -4.50. The number of pyridine rings is 2. The van der Waals surface area contributed by atoms with Gasteiger partial charge < -0.3 is 19.0 Å². The molecule has 5 aromatic rings. The van der Waals surface area contributed by atoms with Gasteiger partial charge in [-0.05, 0) is 56.6 Å². The molecule has 1 atom stereocenters. The second kappa shape index (κ2) is 12.4. The molecule has 2 aliphatic rings. The lowest BCUT2D eigenvalue weighted by molar-refractivity contribution is -0.144. The summed E-state index contributed by atoms with van der Waals surface area (Å²) in [5.74, 6) is -1.17. The molecule has 0 amide bonds. The van der Waals surface area contributed by atoms with Crippen LogP contribution in [0.4, 0.5) is 22.0 Å². The number of benzene rings is 1. The van der Waals surface area contributed by atoms with Crippen molar-refractivity contribution in [2.45, 2.75) is 57.2 Å². The van der Waals surface area contributed by atoms with E-state index in [0.717, 1.165) is 55.5 Å². The molecule has 46 heavy (non-hydrogen) atoms. The van der Waals surface area contributed by atoms with Crippen molar-refractivity contribution < 1.29 is 31.4 Å². The number of halogens is 5. The van der Waals surface area contributed by atoms with E-state index in [0.29, 0.717) is 31.1 Å². The summed E-state index contributed by atoms with van der Waals surface area (Å²) in [5, 5.41) is 6.84. The number of alkyl halides is 3. The van der Waals surface area contributed by atoms with Crippen LogP contribution in [0.3, 0.4) is 0 Å². The Balaban J connectivity index is 1.03. The predicted molar refractivity (Wildman–Crippen MR) is 154 cm³/mol. The maximum atomic E-state index is 14.0. The van der Waals surface area contributed by atoms with E-state index in [1.165, 1.54) is 12.1 Å². The number of nitrogens with one attached hydrogen (secondary N) is 1. The van der Waals surface area contributed by atoms with Gasteiger partial charge in [0.15, 0.2) is 5.82 Å². The molecule has 0 saturated carbocycles. The first-order chi connectivity index (χ1) is 22.2. The first-order valence-electron chi connectivity index (χ1n) is 14.9. The molecule has 0 bridgehead atoms. The fourth-order valence-electron chi connectivity index (χ4n) is 5.78. The van der Waals surface area contributed by atoms with E-state index in [1.807, 2.05) is 12.1 Å². The average molecular weight is 641 g/mol. The smallest absolute Gasteiger partial charge is 0.451 e. The van der Waals surface area contributed by atoms with Crippen LogP contribution in [0.15, 0.2) is 48.7 Å². The van der Waals surface area contributed by atoms with Crippen molar-refractivity contribution in [2.75, 3.05) is 19.7 Å². The van der Waals surface area contributed by atoms with Crippen molar-refractivity contribution in [3.8, 4) is 17.4 Å². The van der Waals surface area contributed by atoms with Crippen LogP contribution in [0.25, 0.3) is 22.6 Å². The van der Waals surface area contributed by atoms with Gasteiger partial charge in [-0.2, -0.15) is 13.2 Å². The van der Waals surface area contributed by atoms with E-state index in [-0.39, 0.29) is 35.7 Å². The van der Waals surface area contributed by atoms with Crippen LogP contribution in [0.2, 0.25) is 0 Å². The zero-order chi connectivity index (χ0) is 31.8. The minimum atomic E-state index is -4.64. The molecule has 1 N–H and O–H groups in total. The molecule has 0 spiro atoms. The van der Waals surface area contributed by atoms with E-state index in [1.54, 1.807) is 18.3 Å². The highest BCUT2D eigenvalue weighted by Gasteiger charge is 2.35. The molecule has 0 radical (unpaired) electrons. The van der Waals surface area contributed by atoms with Gasteiger partial charge in [-0.25, -0.2) is 18.7 Å². The highest BCUT2D eigenvalue weighted by Crippen LogP contribution is 2.31. The molecule has 240 valence electrons. The molecule has 0 unspecified atom stereocenters. The van der Waals surface area contributed by atoms with Crippen LogP contribution < -0.4 is 4.74 Å². The van der Waals surface area contributed by atoms with E-state index in [4.69, 9.17) is 14.5 Å². The zero-order valence-electron chi connectivity index (χ0n) is 24.5. The largest absolute Gasteiger partial charge is 0.473 e. The molecular formula is C31H29F5N8O2. The Morgan fingerprint density at radius 3 is 2.54 bits per heavy atom. The topological polar surface area (TPSA) is 107 Å². The third-order valence-corrected chi connectivity index (χ3v) is 8.40. The van der Waals surface area contributed by atoms with Crippen LogP contribution in [0.5, 0.6) is 5.88 Å². The molecule has 15 heteroatoms. The fraction of sp³-hybridized carbons (Fsp3) is 0.387. The van der Waals surface area contributed by atoms with Crippen molar-refractivity contribution in [1.82, 2.24) is 39.6 Å². The van der Waals surface area contributed by atoms with Gasteiger partial charge in [0.1, 0.15) is 29.8 Å². The highest BCUT2D eigenvalue weighted by molar-refractivity contribution is 5.78. The Morgan fingerprint density at radius 1 is 1.00 bits per heavy atom. The van der Waals surface area contributed by atoms with E-state index in [2.05, 4.69) is 34.6 Å². The van der Waals surface area contributed by atoms with Gasteiger partial charge >= 0.3 is 6.18 Å². The van der Waals surface area contributed by atoms with Crippen LogP contribution in [0, 0.1) is 11.6 Å². The Morgan fingerprint density at radius 2 is 1.83 bits per heavy atom. The van der Waals surface area contributed by atoms with Crippen molar-refractivity contribution in [3.63, 3.8) is 0 Å². The number of hydrogen-bond acceptors (Lipinski definition) is 8. The predicted octanol–water partition coefficient (Wildman–Crippen LogP) is 5.66. The number of nitrogens with zero attached hydrogens (tertiary/aromatic N) is 7. The summed E-state index contributed by atoms with van der Waals surface area (Å²) in [5.41, 5.74) is 2.72. The molecule has 2 saturated heterocycles. The first-order valence-corrected chi connectivity index (χ1v) is 14.9. The number of H-pyrrole nitrogens is 1. The Labute approximate surface area is 259 Å². The number of rotatable bonds is 9. The van der Waals surface area contributed by atoms with Crippen molar-refractivity contribution in [2.24, 2.45) is 0 Å². The zero-order valence-corrected chi connectivity index (χ0v) is 24.5. The van der Waals surface area contributed by atoms with Gasteiger partial charge in [-0.1, -0.05) is 6.07 Å². The second-order valence-electron chi connectivity index (χ2n) is 11.5. The average Bonchev–Trinajstić information content (AvgIpc) is 3.64. The molecule has 1 aromatic carbocycles. The summed E-state index contributed by atoms with van der Waals surface area (Å²) in [6.45, 7) is 3.41. The van der Waals surface area contributed by atoms with Crippen molar-refractivity contribution >= 4 is 11.0 Å². The minimum Gasteiger partial charge on any atom is -0.473 e. The maximum absolute atomic E-state index is 14.0. The summed E-state index contributed by atoms with van der Waals surface area (Å²) >= 11 is 0. The molecule has 2 aliphatic heterocycles. The summed E-state index contributed by atoms with van der Waals surface area (Å²) in [4.78, 5) is 18.4. The van der Waals surface area contributed by atoms with Gasteiger partial charge in [0.05, 0.1) is 36.4 Å². The molecule has 6 heterocycles. The molecule has 2 fully saturated rings. The normalized spacial score (nSPS) is 17.8. The number of imidazole rings is 1. The van der Waals surface area contributed by atoms with Crippen molar-refractivity contribution in [3.05, 3.63) is 83.2 Å². The van der Waals surface area contributed by atoms with Crippen molar-refractivity contribution in [1.29, 1.82) is 0 Å². The molecule has 7 rings (SSSR count). The fourth-order valence-corrected chi connectivity index (χ4v) is 5.78. The van der Waals surface area contributed by atoms with Crippen LogP contribution >= 0.6 is 0 Å². The van der Waals surface area contributed by atoms with Gasteiger partial charge in [-0.3, -0.25) is 9.88 Å². The maximum Gasteiger partial charge on any atom is 0.451 e. The number of aromatic amines is 1. The Kier molecular flexibility index (Phi) is 8.11. The van der Waals surface area contributed by atoms with E-state index in [9.17, 15) is 22.0 Å². The monoisotopic (exact) mass is 640 g/mol. The second-order valence-corrected chi connectivity index (χ2v) is 11.5.